The Kier molecular flexibility index (Phi) is 3.68. The van der Waals surface area contributed by atoms with Gasteiger partial charge in [-0.05, 0) is 74.5 Å². The van der Waals surface area contributed by atoms with Crippen LogP contribution < -0.4 is 0 Å². The average molecular weight is 329 g/mol. The quantitative estimate of drug-likeness (QED) is 0.716. The molecule has 3 heteroatoms. The van der Waals surface area contributed by atoms with Crippen LogP contribution in [0, 0.1) is 39.9 Å². The van der Waals surface area contributed by atoms with Gasteiger partial charge in [-0.15, -0.1) is 0 Å². The van der Waals surface area contributed by atoms with Crippen LogP contribution in [-0.2, 0) is 0 Å². The number of aliphatic hydroxyl groups excluding tert-OH is 1. The van der Waals surface area contributed by atoms with Crippen LogP contribution in [0.1, 0.15) is 71.6 Å². The summed E-state index contributed by atoms with van der Waals surface area (Å²) >= 11 is 0. The van der Waals surface area contributed by atoms with E-state index in [1.54, 1.807) is 0 Å². The van der Waals surface area contributed by atoms with Gasteiger partial charge in [-0.3, -0.25) is 0 Å². The first-order valence-corrected chi connectivity index (χ1v) is 9.81. The van der Waals surface area contributed by atoms with Gasteiger partial charge >= 0.3 is 0 Å². The Bertz CT molecular complexity index is 607. The monoisotopic (exact) mass is 329 g/mol. The van der Waals surface area contributed by atoms with Gasteiger partial charge in [0, 0.05) is 5.41 Å². The second kappa shape index (κ2) is 5.32. The molecule has 0 heterocycles. The second-order valence-electron chi connectivity index (χ2n) is 9.52. The molecule has 0 radical (unpaired) electrons. The Hall–Kier alpha value is -0.850. The molecule has 0 amide bonds. The van der Waals surface area contributed by atoms with Gasteiger partial charge in [-0.1, -0.05) is 25.5 Å². The van der Waals surface area contributed by atoms with Gasteiger partial charge in [0.25, 0.3) is 0 Å². The molecule has 2 N–H and O–H groups in total. The maximum atomic E-state index is 11.2. The highest BCUT2D eigenvalue weighted by molar-refractivity contribution is 5.26. The molecule has 0 aromatic carbocycles. The van der Waals surface area contributed by atoms with Crippen molar-refractivity contribution in [1.82, 2.24) is 0 Å². The van der Waals surface area contributed by atoms with Crippen molar-refractivity contribution in [3.05, 3.63) is 11.6 Å². The first kappa shape index (κ1) is 16.6. The largest absolute Gasteiger partial charge is 0.393 e. The molecule has 4 aliphatic rings. The molecular weight excluding hydrogens is 298 g/mol. The fraction of sp³-hybridized carbons (Fsp3) is 0.857. The first-order valence-electron chi connectivity index (χ1n) is 9.81. The molecule has 0 aromatic heterocycles. The van der Waals surface area contributed by atoms with Crippen LogP contribution >= 0.6 is 0 Å². The topological polar surface area (TPSA) is 64.2 Å². The Morgan fingerprint density at radius 2 is 1.92 bits per heavy atom. The number of nitriles is 1. The molecular formula is C21H31NO2. The van der Waals surface area contributed by atoms with Crippen LogP contribution in [0.15, 0.2) is 11.6 Å². The Labute approximate surface area is 145 Å². The van der Waals surface area contributed by atoms with Crippen LogP contribution in [-0.4, -0.2) is 21.9 Å². The summed E-state index contributed by atoms with van der Waals surface area (Å²) in [5.41, 5.74) is 0.862. The summed E-state index contributed by atoms with van der Waals surface area (Å²) < 4.78 is 0. The van der Waals surface area contributed by atoms with Crippen molar-refractivity contribution in [3.8, 4) is 6.07 Å². The van der Waals surface area contributed by atoms with Crippen molar-refractivity contribution < 1.29 is 10.2 Å². The fourth-order valence-corrected chi connectivity index (χ4v) is 7.17. The van der Waals surface area contributed by atoms with E-state index in [1.165, 1.54) is 5.57 Å². The van der Waals surface area contributed by atoms with E-state index in [-0.39, 0.29) is 23.4 Å². The van der Waals surface area contributed by atoms with Crippen LogP contribution in [0.3, 0.4) is 0 Å². The van der Waals surface area contributed by atoms with E-state index in [4.69, 9.17) is 0 Å². The molecule has 7 atom stereocenters. The van der Waals surface area contributed by atoms with E-state index >= 15 is 0 Å². The third-order valence-electron chi connectivity index (χ3n) is 8.77. The highest BCUT2D eigenvalue weighted by Crippen LogP contribution is 2.67. The molecule has 0 unspecified atom stereocenters. The molecule has 4 rings (SSSR count). The van der Waals surface area contributed by atoms with Gasteiger partial charge in [0.1, 0.15) is 0 Å². The summed E-state index contributed by atoms with van der Waals surface area (Å²) in [4.78, 5) is 0. The average Bonchev–Trinajstić information content (AvgIpc) is 2.80. The molecule has 0 aliphatic heterocycles. The smallest absolute Gasteiger partial charge is 0.0833 e. The van der Waals surface area contributed by atoms with Crippen LogP contribution in [0.4, 0.5) is 0 Å². The molecule has 3 saturated carbocycles. The fourth-order valence-electron chi connectivity index (χ4n) is 7.17. The van der Waals surface area contributed by atoms with Gasteiger partial charge in [-0.25, -0.2) is 0 Å². The third-order valence-corrected chi connectivity index (χ3v) is 8.77. The molecule has 3 nitrogen and oxygen atoms in total. The summed E-state index contributed by atoms with van der Waals surface area (Å²) in [6.45, 7) is 4.69. The second-order valence-corrected chi connectivity index (χ2v) is 9.52. The lowest BCUT2D eigenvalue weighted by molar-refractivity contribution is -0.122. The lowest BCUT2D eigenvalue weighted by Gasteiger charge is -2.58. The standard InChI is InChI=1S/C21H31NO2/c1-19-8-5-15(23)13-14(19)3-4-16-17(19)6-9-20(2)18(16)7-10-21(20,24)11-12-22/h3,15-18,23-24H,4-11,13H2,1-2H3/t15-,16+,17-,18+,19+,20+,21-/m1/s1. The normalized spacial score (nSPS) is 53.4. The van der Waals surface area contributed by atoms with E-state index < -0.39 is 5.60 Å². The number of nitrogens with zero attached hydrogens (tertiary/aromatic N) is 1. The van der Waals surface area contributed by atoms with Gasteiger partial charge in [-0.2, -0.15) is 5.26 Å². The zero-order valence-corrected chi connectivity index (χ0v) is 15.1. The predicted molar refractivity (Wildman–Crippen MR) is 92.9 cm³/mol. The zero-order chi connectivity index (χ0) is 17.2. The molecule has 24 heavy (non-hydrogen) atoms. The minimum atomic E-state index is -0.787. The molecule has 0 saturated heterocycles. The lowest BCUT2D eigenvalue weighted by Crippen LogP contribution is -2.54. The van der Waals surface area contributed by atoms with E-state index in [1.807, 2.05) is 0 Å². The van der Waals surface area contributed by atoms with E-state index in [0.29, 0.717) is 17.8 Å². The van der Waals surface area contributed by atoms with Crippen molar-refractivity contribution in [2.45, 2.75) is 83.3 Å². The molecule has 132 valence electrons. The maximum Gasteiger partial charge on any atom is 0.0833 e. The summed E-state index contributed by atoms with van der Waals surface area (Å²) in [5, 5.41) is 30.5. The summed E-state index contributed by atoms with van der Waals surface area (Å²) in [7, 11) is 0. The van der Waals surface area contributed by atoms with Crippen molar-refractivity contribution in [2.75, 3.05) is 0 Å². The number of aliphatic hydroxyl groups is 2. The third kappa shape index (κ3) is 2.02. The van der Waals surface area contributed by atoms with Crippen molar-refractivity contribution in [2.24, 2.45) is 28.6 Å². The molecule has 0 aromatic rings. The van der Waals surface area contributed by atoms with E-state index in [2.05, 4.69) is 26.0 Å². The number of fused-ring (bicyclic) bond motifs is 5. The van der Waals surface area contributed by atoms with Gasteiger partial charge < -0.3 is 10.2 Å². The Balaban J connectivity index is 1.67. The first-order chi connectivity index (χ1) is 11.3. The SMILES string of the molecule is C[C@]12CC[C@@H](O)CC1=CC[C@H]1[C@H]2CC[C@@]2(C)[C@H]1CC[C@@]2(O)CC#N. The predicted octanol–water partition coefficient (Wildman–Crippen LogP) is 3.95. The van der Waals surface area contributed by atoms with E-state index in [9.17, 15) is 15.5 Å². The summed E-state index contributed by atoms with van der Waals surface area (Å²) in [5.74, 6) is 1.86. The Morgan fingerprint density at radius 1 is 1.17 bits per heavy atom. The van der Waals surface area contributed by atoms with Crippen molar-refractivity contribution in [1.29, 1.82) is 5.26 Å². The lowest BCUT2D eigenvalue weighted by atomic mass is 9.47. The number of allylic oxidation sites excluding steroid dienone is 1. The molecule has 3 fully saturated rings. The Morgan fingerprint density at radius 3 is 2.67 bits per heavy atom. The van der Waals surface area contributed by atoms with Crippen molar-refractivity contribution >= 4 is 0 Å². The highest BCUT2D eigenvalue weighted by atomic mass is 16.3. The number of hydrogen-bond donors (Lipinski definition) is 2. The maximum absolute atomic E-state index is 11.2. The number of hydrogen-bond acceptors (Lipinski definition) is 3. The van der Waals surface area contributed by atoms with Gasteiger partial charge in [0.15, 0.2) is 0 Å². The molecule has 4 aliphatic carbocycles. The summed E-state index contributed by atoms with van der Waals surface area (Å²) in [6.07, 6.45) is 10.6. The number of rotatable bonds is 1. The molecule has 0 bridgehead atoms. The minimum absolute atomic E-state index is 0.0974. The zero-order valence-electron chi connectivity index (χ0n) is 15.1. The van der Waals surface area contributed by atoms with Gasteiger partial charge in [0.05, 0.1) is 24.2 Å². The van der Waals surface area contributed by atoms with E-state index in [0.717, 1.165) is 51.4 Å². The van der Waals surface area contributed by atoms with Crippen LogP contribution in [0.5, 0.6) is 0 Å². The van der Waals surface area contributed by atoms with Crippen LogP contribution in [0.25, 0.3) is 0 Å². The summed E-state index contributed by atoms with van der Waals surface area (Å²) in [6, 6.07) is 2.25. The van der Waals surface area contributed by atoms with Crippen LogP contribution in [0.2, 0.25) is 0 Å². The van der Waals surface area contributed by atoms with Gasteiger partial charge in [0.2, 0.25) is 0 Å². The highest BCUT2D eigenvalue weighted by Gasteiger charge is 2.63. The molecule has 0 spiro atoms. The van der Waals surface area contributed by atoms with Crippen molar-refractivity contribution in [3.63, 3.8) is 0 Å². The minimum Gasteiger partial charge on any atom is -0.393 e.